The first kappa shape index (κ1) is 24.5. The Kier molecular flexibility index (Phi) is 8.26. The Bertz CT molecular complexity index is 1150. The summed E-state index contributed by atoms with van der Waals surface area (Å²) in [5.41, 5.74) is 3.17. The third kappa shape index (κ3) is 6.12. The maximum absolute atomic E-state index is 11.3. The van der Waals surface area contributed by atoms with Crippen molar-refractivity contribution < 1.29 is 23.7 Å². The molecule has 0 aliphatic heterocycles. The number of hydrogen-bond donors (Lipinski definition) is 1. The first-order valence-electron chi connectivity index (χ1n) is 12.5. The number of hydrogen-bond acceptors (Lipinski definition) is 5. The van der Waals surface area contributed by atoms with Crippen LogP contribution in [0.1, 0.15) is 34.8 Å². The van der Waals surface area contributed by atoms with Gasteiger partial charge in [0, 0.05) is 5.92 Å². The van der Waals surface area contributed by atoms with Crippen LogP contribution in [-0.4, -0.2) is 29.5 Å². The molecule has 0 amide bonds. The standard InChI is InChI=1S/C31H32O5/c32-27-19-26(28-17-10-18-33-28)29(34-20-23-11-4-1-5-12-23)31(36-22-25-15-8-3-9-16-25)30(27)35-21-24-13-6-2-7-14-24/h1-18,26-27,29-32H,19-22H2/t26-,27-,29+,30-,31-/m1/s1. The third-order valence-corrected chi connectivity index (χ3v) is 6.68. The second-order valence-electron chi connectivity index (χ2n) is 9.21. The second-order valence-corrected chi connectivity index (χ2v) is 9.21. The number of benzene rings is 3. The maximum Gasteiger partial charge on any atom is 0.113 e. The summed E-state index contributed by atoms with van der Waals surface area (Å²) in [7, 11) is 0. The summed E-state index contributed by atoms with van der Waals surface area (Å²) in [5, 5.41) is 11.3. The van der Waals surface area contributed by atoms with Gasteiger partial charge in [0.25, 0.3) is 0 Å². The quantitative estimate of drug-likeness (QED) is 0.304. The van der Waals surface area contributed by atoms with Crippen LogP contribution in [0.3, 0.4) is 0 Å². The van der Waals surface area contributed by atoms with Crippen molar-refractivity contribution in [1.29, 1.82) is 0 Å². The largest absolute Gasteiger partial charge is 0.469 e. The number of ether oxygens (including phenoxy) is 3. The van der Waals surface area contributed by atoms with E-state index in [9.17, 15) is 5.11 Å². The van der Waals surface area contributed by atoms with Crippen LogP contribution >= 0.6 is 0 Å². The smallest absolute Gasteiger partial charge is 0.113 e. The normalized spacial score (nSPS) is 24.0. The van der Waals surface area contributed by atoms with E-state index in [1.807, 2.05) is 103 Å². The van der Waals surface area contributed by atoms with Gasteiger partial charge in [0.1, 0.15) is 18.0 Å². The molecule has 1 N–H and O–H groups in total. The van der Waals surface area contributed by atoms with Crippen molar-refractivity contribution in [2.45, 2.75) is 56.6 Å². The molecule has 1 aromatic heterocycles. The van der Waals surface area contributed by atoms with Crippen LogP contribution in [0.4, 0.5) is 0 Å². The number of aliphatic hydroxyl groups is 1. The number of aliphatic hydroxyl groups excluding tert-OH is 1. The Balaban J connectivity index is 1.42. The van der Waals surface area contributed by atoms with E-state index in [2.05, 4.69) is 0 Å². The monoisotopic (exact) mass is 484 g/mol. The van der Waals surface area contributed by atoms with Crippen molar-refractivity contribution >= 4 is 0 Å². The first-order valence-corrected chi connectivity index (χ1v) is 12.5. The molecule has 5 heteroatoms. The highest BCUT2D eigenvalue weighted by Crippen LogP contribution is 2.39. The summed E-state index contributed by atoms with van der Waals surface area (Å²) in [6, 6.07) is 33.9. The Labute approximate surface area is 212 Å². The fourth-order valence-corrected chi connectivity index (χ4v) is 4.85. The van der Waals surface area contributed by atoms with E-state index < -0.39 is 18.3 Å². The minimum atomic E-state index is -0.735. The van der Waals surface area contributed by atoms with Crippen molar-refractivity contribution in [3.63, 3.8) is 0 Å². The minimum Gasteiger partial charge on any atom is -0.469 e. The van der Waals surface area contributed by atoms with Gasteiger partial charge >= 0.3 is 0 Å². The molecule has 5 nitrogen and oxygen atoms in total. The summed E-state index contributed by atoms with van der Waals surface area (Å²) in [4.78, 5) is 0. The predicted molar refractivity (Wildman–Crippen MR) is 137 cm³/mol. The van der Waals surface area contributed by atoms with Gasteiger partial charge in [0.2, 0.25) is 0 Å². The van der Waals surface area contributed by atoms with Gasteiger partial charge in [-0.25, -0.2) is 0 Å². The van der Waals surface area contributed by atoms with Crippen molar-refractivity contribution in [3.05, 3.63) is 132 Å². The molecule has 5 atom stereocenters. The van der Waals surface area contributed by atoms with Crippen molar-refractivity contribution in [2.24, 2.45) is 0 Å². The number of rotatable bonds is 10. The van der Waals surface area contributed by atoms with E-state index in [0.717, 1.165) is 22.5 Å². The molecule has 0 radical (unpaired) electrons. The highest BCUT2D eigenvalue weighted by molar-refractivity contribution is 5.18. The molecule has 0 spiro atoms. The van der Waals surface area contributed by atoms with Gasteiger partial charge in [0.15, 0.2) is 0 Å². The average Bonchev–Trinajstić information content (AvgIpc) is 3.47. The van der Waals surface area contributed by atoms with Gasteiger partial charge in [-0.3, -0.25) is 0 Å². The molecule has 0 saturated heterocycles. The van der Waals surface area contributed by atoms with Gasteiger partial charge in [-0.05, 0) is 35.2 Å². The van der Waals surface area contributed by atoms with E-state index in [0.29, 0.717) is 26.2 Å². The van der Waals surface area contributed by atoms with E-state index in [-0.39, 0.29) is 12.0 Å². The van der Waals surface area contributed by atoms with Crippen LogP contribution in [0, 0.1) is 0 Å². The van der Waals surface area contributed by atoms with Gasteiger partial charge in [-0.15, -0.1) is 0 Å². The fourth-order valence-electron chi connectivity index (χ4n) is 4.85. The van der Waals surface area contributed by atoms with E-state index in [1.165, 1.54) is 0 Å². The van der Waals surface area contributed by atoms with Gasteiger partial charge in [-0.1, -0.05) is 91.0 Å². The van der Waals surface area contributed by atoms with Crippen molar-refractivity contribution in [2.75, 3.05) is 0 Å². The zero-order valence-corrected chi connectivity index (χ0v) is 20.2. The molecule has 1 aliphatic carbocycles. The van der Waals surface area contributed by atoms with Crippen LogP contribution < -0.4 is 0 Å². The van der Waals surface area contributed by atoms with Gasteiger partial charge < -0.3 is 23.7 Å². The molecule has 186 valence electrons. The molecule has 1 aliphatic rings. The maximum atomic E-state index is 11.3. The summed E-state index contributed by atoms with van der Waals surface area (Å²) in [6.45, 7) is 1.19. The van der Waals surface area contributed by atoms with Crippen LogP contribution in [-0.2, 0) is 34.0 Å². The van der Waals surface area contributed by atoms with Crippen LogP contribution in [0.15, 0.2) is 114 Å². The van der Waals surface area contributed by atoms with Gasteiger partial charge in [0.05, 0.1) is 38.3 Å². The third-order valence-electron chi connectivity index (χ3n) is 6.68. The average molecular weight is 485 g/mol. The lowest BCUT2D eigenvalue weighted by atomic mass is 9.79. The predicted octanol–water partition coefficient (Wildman–Crippen LogP) is 5.88. The lowest BCUT2D eigenvalue weighted by Gasteiger charge is -2.44. The summed E-state index contributed by atoms with van der Waals surface area (Å²) < 4.78 is 25.2. The lowest BCUT2D eigenvalue weighted by molar-refractivity contribution is -0.209. The molecule has 1 saturated carbocycles. The molecule has 1 heterocycles. The van der Waals surface area contributed by atoms with Crippen LogP contribution in [0.25, 0.3) is 0 Å². The highest BCUT2D eigenvalue weighted by atomic mass is 16.6. The zero-order valence-electron chi connectivity index (χ0n) is 20.2. The summed E-state index contributed by atoms with van der Waals surface area (Å²) in [5.74, 6) is 0.609. The highest BCUT2D eigenvalue weighted by Gasteiger charge is 2.48. The topological polar surface area (TPSA) is 61.1 Å². The molecular formula is C31H32O5. The Morgan fingerprint density at radius 1 is 0.583 bits per heavy atom. The SMILES string of the molecule is O[C@@H]1C[C@H](c2ccco2)[C@H](OCc2ccccc2)[C@@H](OCc2ccccc2)[C@@H]1OCc1ccccc1. The molecule has 0 bridgehead atoms. The Hall–Kier alpha value is -3.22. The first-order chi connectivity index (χ1) is 17.8. The van der Waals surface area contributed by atoms with Crippen LogP contribution in [0.5, 0.6) is 0 Å². The van der Waals surface area contributed by atoms with E-state index >= 15 is 0 Å². The molecule has 4 aromatic rings. The molecule has 1 fully saturated rings. The molecular weight excluding hydrogens is 452 g/mol. The Morgan fingerprint density at radius 3 is 1.53 bits per heavy atom. The minimum absolute atomic E-state index is 0.170. The second kappa shape index (κ2) is 12.2. The molecule has 3 aromatic carbocycles. The molecule has 5 rings (SSSR count). The van der Waals surface area contributed by atoms with Crippen molar-refractivity contribution in [1.82, 2.24) is 0 Å². The lowest BCUT2D eigenvalue weighted by Crippen LogP contribution is -2.55. The van der Waals surface area contributed by atoms with E-state index in [1.54, 1.807) is 6.26 Å². The van der Waals surface area contributed by atoms with Crippen LogP contribution in [0.2, 0.25) is 0 Å². The summed E-state index contributed by atoms with van der Waals surface area (Å²) >= 11 is 0. The molecule has 36 heavy (non-hydrogen) atoms. The Morgan fingerprint density at radius 2 is 1.06 bits per heavy atom. The summed E-state index contributed by atoms with van der Waals surface area (Å²) in [6.07, 6.45) is -0.0476. The van der Waals surface area contributed by atoms with Crippen molar-refractivity contribution in [3.8, 4) is 0 Å². The fraction of sp³-hybridized carbons (Fsp3) is 0.290. The molecule has 0 unspecified atom stereocenters. The zero-order chi connectivity index (χ0) is 24.6. The number of furan rings is 1. The van der Waals surface area contributed by atoms with Gasteiger partial charge in [-0.2, -0.15) is 0 Å². The van der Waals surface area contributed by atoms with E-state index in [4.69, 9.17) is 18.6 Å².